The minimum absolute atomic E-state index is 0.0259. The van der Waals surface area contributed by atoms with Gasteiger partial charge in [-0.25, -0.2) is 4.79 Å². The minimum Gasteiger partial charge on any atom is -0.449 e. The molecule has 0 radical (unpaired) electrons. The van der Waals surface area contributed by atoms with Crippen LogP contribution in [-0.4, -0.2) is 53.6 Å². The van der Waals surface area contributed by atoms with E-state index in [0.29, 0.717) is 5.56 Å². The normalized spacial score (nSPS) is 17.0. The number of hydrogen-bond acceptors (Lipinski definition) is 5. The van der Waals surface area contributed by atoms with Crippen LogP contribution >= 0.6 is 0 Å². The Bertz CT molecular complexity index is 1130. The summed E-state index contributed by atoms with van der Waals surface area (Å²) in [6.45, 7) is 3.14. The fraction of sp³-hybridized carbons (Fsp3) is 0.345. The predicted octanol–water partition coefficient (Wildman–Crippen LogP) is 4.22. The maximum absolute atomic E-state index is 12.4. The molecule has 0 aromatic heterocycles. The van der Waals surface area contributed by atoms with Gasteiger partial charge in [-0.2, -0.15) is 0 Å². The van der Waals surface area contributed by atoms with Crippen LogP contribution in [0.4, 0.5) is 4.79 Å². The molecule has 3 aromatic carbocycles. The first-order valence-electron chi connectivity index (χ1n) is 12.4. The van der Waals surface area contributed by atoms with Gasteiger partial charge in [0.2, 0.25) is 0 Å². The summed E-state index contributed by atoms with van der Waals surface area (Å²) in [5.41, 5.74) is 6.38. The molecular formula is C29H32N2O4. The number of nitrogens with zero attached hydrogens (tertiary/aromatic N) is 1. The Morgan fingerprint density at radius 1 is 0.943 bits per heavy atom. The van der Waals surface area contributed by atoms with Crippen molar-refractivity contribution in [3.63, 3.8) is 0 Å². The van der Waals surface area contributed by atoms with Crippen molar-refractivity contribution in [3.05, 3.63) is 95.1 Å². The smallest absolute Gasteiger partial charge is 0.407 e. The number of aliphatic hydroxyl groups is 2. The molecule has 0 spiro atoms. The van der Waals surface area contributed by atoms with Crippen molar-refractivity contribution in [2.45, 2.75) is 37.5 Å². The Hall–Kier alpha value is -3.19. The molecule has 182 valence electrons. The second-order valence-corrected chi connectivity index (χ2v) is 9.45. The number of alkyl carbamates (subject to hydrolysis) is 1. The van der Waals surface area contributed by atoms with Crippen molar-refractivity contribution in [3.8, 4) is 11.1 Å². The first kappa shape index (κ1) is 23.5. The average molecular weight is 473 g/mol. The number of likely N-dealkylation sites (tertiary alicyclic amines) is 1. The third-order valence-corrected chi connectivity index (χ3v) is 7.06. The van der Waals surface area contributed by atoms with E-state index in [1.807, 2.05) is 42.5 Å². The third kappa shape index (κ3) is 5.25. The molecule has 35 heavy (non-hydrogen) atoms. The van der Waals surface area contributed by atoms with Gasteiger partial charge in [0.05, 0.1) is 0 Å². The summed E-state index contributed by atoms with van der Waals surface area (Å²) in [5.74, 6) is -0.0259. The van der Waals surface area contributed by atoms with Crippen LogP contribution in [0.5, 0.6) is 0 Å². The Labute approximate surface area is 206 Å². The highest BCUT2D eigenvalue weighted by atomic mass is 16.5. The van der Waals surface area contributed by atoms with Gasteiger partial charge in [0.1, 0.15) is 18.8 Å². The fourth-order valence-electron chi connectivity index (χ4n) is 5.25. The van der Waals surface area contributed by atoms with Gasteiger partial charge in [0.15, 0.2) is 0 Å². The van der Waals surface area contributed by atoms with Crippen LogP contribution in [0.25, 0.3) is 11.1 Å². The lowest BCUT2D eigenvalue weighted by Crippen LogP contribution is -2.36. The Balaban J connectivity index is 1.14. The second kappa shape index (κ2) is 10.6. The van der Waals surface area contributed by atoms with Gasteiger partial charge in [-0.15, -0.1) is 0 Å². The molecule has 0 saturated carbocycles. The van der Waals surface area contributed by atoms with Crippen LogP contribution in [0.15, 0.2) is 72.8 Å². The topological polar surface area (TPSA) is 82.0 Å². The zero-order valence-corrected chi connectivity index (χ0v) is 19.8. The molecule has 1 heterocycles. The molecule has 1 aliphatic carbocycles. The standard InChI is InChI=1S/C29H32N2O4/c32-27(28(33)21-9-7-8-20(16-21)18-31-14-5-6-15-31)17-30-29(34)35-19-26-24-12-3-1-10-22(24)23-11-2-4-13-25(23)26/h1-4,7-13,16,26-28,32-33H,5-6,14-15,17-19H2,(H,30,34). The number of hydrogen-bond donors (Lipinski definition) is 3. The summed E-state index contributed by atoms with van der Waals surface area (Å²) in [6.07, 6.45) is -0.397. The number of rotatable bonds is 8. The summed E-state index contributed by atoms with van der Waals surface area (Å²) in [5, 5.41) is 23.8. The zero-order chi connectivity index (χ0) is 24.2. The molecule has 3 N–H and O–H groups in total. The van der Waals surface area contributed by atoms with Gasteiger partial charge in [0.25, 0.3) is 0 Å². The van der Waals surface area contributed by atoms with Crippen LogP contribution in [0.3, 0.4) is 0 Å². The van der Waals surface area contributed by atoms with E-state index in [1.54, 1.807) is 6.07 Å². The highest BCUT2D eigenvalue weighted by Crippen LogP contribution is 2.44. The van der Waals surface area contributed by atoms with Crippen LogP contribution in [0.2, 0.25) is 0 Å². The lowest BCUT2D eigenvalue weighted by molar-refractivity contribution is 0.0185. The second-order valence-electron chi connectivity index (χ2n) is 9.45. The van der Waals surface area contributed by atoms with Crippen molar-refractivity contribution in [2.24, 2.45) is 0 Å². The molecule has 2 aliphatic rings. The quantitative estimate of drug-likeness (QED) is 0.457. The minimum atomic E-state index is -1.14. The van der Waals surface area contributed by atoms with Crippen molar-refractivity contribution >= 4 is 6.09 Å². The van der Waals surface area contributed by atoms with Gasteiger partial charge in [-0.05, 0) is 59.3 Å². The Morgan fingerprint density at radius 3 is 2.29 bits per heavy atom. The van der Waals surface area contributed by atoms with Crippen molar-refractivity contribution in [2.75, 3.05) is 26.2 Å². The van der Waals surface area contributed by atoms with E-state index in [2.05, 4.69) is 34.5 Å². The lowest BCUT2D eigenvalue weighted by Gasteiger charge is -2.21. The van der Waals surface area contributed by atoms with E-state index in [1.165, 1.54) is 24.0 Å². The van der Waals surface area contributed by atoms with E-state index in [4.69, 9.17) is 4.74 Å². The number of benzene rings is 3. The van der Waals surface area contributed by atoms with Crippen molar-refractivity contribution < 1.29 is 19.7 Å². The number of aliphatic hydroxyl groups excluding tert-OH is 2. The monoisotopic (exact) mass is 472 g/mol. The maximum atomic E-state index is 12.4. The van der Waals surface area contributed by atoms with E-state index >= 15 is 0 Å². The van der Waals surface area contributed by atoms with E-state index < -0.39 is 18.3 Å². The van der Waals surface area contributed by atoms with Gasteiger partial charge >= 0.3 is 6.09 Å². The molecular weight excluding hydrogens is 440 g/mol. The van der Waals surface area contributed by atoms with Crippen LogP contribution in [0.1, 0.15) is 47.1 Å². The third-order valence-electron chi connectivity index (χ3n) is 7.06. The van der Waals surface area contributed by atoms with Crippen molar-refractivity contribution in [1.82, 2.24) is 10.2 Å². The number of nitrogens with one attached hydrogen (secondary N) is 1. The molecule has 2 unspecified atom stereocenters. The average Bonchev–Trinajstić information content (AvgIpc) is 3.51. The van der Waals surface area contributed by atoms with Crippen molar-refractivity contribution in [1.29, 1.82) is 0 Å². The van der Waals surface area contributed by atoms with Crippen LogP contribution < -0.4 is 5.32 Å². The number of ether oxygens (including phenoxy) is 1. The van der Waals surface area contributed by atoms with E-state index in [-0.39, 0.29) is 19.1 Å². The van der Waals surface area contributed by atoms with Crippen LogP contribution in [0, 0.1) is 0 Å². The number of fused-ring (bicyclic) bond motifs is 3. The fourth-order valence-corrected chi connectivity index (χ4v) is 5.25. The van der Waals surface area contributed by atoms with E-state index in [9.17, 15) is 15.0 Å². The summed E-state index contributed by atoms with van der Waals surface area (Å²) in [4.78, 5) is 14.8. The van der Waals surface area contributed by atoms with Gasteiger partial charge in [-0.1, -0.05) is 72.8 Å². The van der Waals surface area contributed by atoms with Gasteiger partial charge in [-0.3, -0.25) is 4.90 Å². The molecule has 5 rings (SSSR count). The van der Waals surface area contributed by atoms with Gasteiger partial charge < -0.3 is 20.3 Å². The molecule has 1 saturated heterocycles. The zero-order valence-electron chi connectivity index (χ0n) is 19.8. The SMILES string of the molecule is O=C(NCC(O)C(O)c1cccc(CN2CCCC2)c1)OCC1c2ccccc2-c2ccccc21. The van der Waals surface area contributed by atoms with Crippen LogP contribution in [-0.2, 0) is 11.3 Å². The maximum Gasteiger partial charge on any atom is 0.407 e. The molecule has 6 heteroatoms. The first-order valence-corrected chi connectivity index (χ1v) is 12.4. The Morgan fingerprint density at radius 2 is 1.60 bits per heavy atom. The molecule has 1 amide bonds. The summed E-state index contributed by atoms with van der Waals surface area (Å²) in [6, 6.07) is 24.0. The highest BCUT2D eigenvalue weighted by Gasteiger charge is 2.29. The molecule has 3 aromatic rings. The molecule has 2 atom stereocenters. The molecule has 0 bridgehead atoms. The number of amides is 1. The summed E-state index contributed by atoms with van der Waals surface area (Å²) < 4.78 is 5.52. The molecule has 1 aliphatic heterocycles. The molecule has 6 nitrogen and oxygen atoms in total. The van der Waals surface area contributed by atoms with Gasteiger partial charge in [0, 0.05) is 19.0 Å². The van der Waals surface area contributed by atoms with E-state index in [0.717, 1.165) is 36.3 Å². The lowest BCUT2D eigenvalue weighted by atomic mass is 9.98. The highest BCUT2D eigenvalue weighted by molar-refractivity contribution is 5.79. The largest absolute Gasteiger partial charge is 0.449 e. The molecule has 1 fully saturated rings. The first-order chi connectivity index (χ1) is 17.1. The predicted molar refractivity (Wildman–Crippen MR) is 135 cm³/mol. The summed E-state index contributed by atoms with van der Waals surface area (Å²) >= 11 is 0. The summed E-state index contributed by atoms with van der Waals surface area (Å²) in [7, 11) is 0. The number of carbonyl (C=O) groups excluding carboxylic acids is 1. The Kier molecular flexibility index (Phi) is 7.13. The number of carbonyl (C=O) groups is 1.